The quantitative estimate of drug-likeness (QED) is 0.269. The Labute approximate surface area is 192 Å². The maximum atomic E-state index is 12.7. The van der Waals surface area contributed by atoms with E-state index in [0.717, 1.165) is 0 Å². The summed E-state index contributed by atoms with van der Waals surface area (Å²) >= 11 is 0. The highest BCUT2D eigenvalue weighted by Gasteiger charge is 2.46. The minimum absolute atomic E-state index is 0.537. The van der Waals surface area contributed by atoms with Crippen molar-refractivity contribution >= 4 is 23.7 Å². The van der Waals surface area contributed by atoms with E-state index in [1.54, 1.807) is 41.5 Å². The molecule has 0 rings (SSSR count). The smallest absolute Gasteiger partial charge is 0.385 e. The zero-order valence-electron chi connectivity index (χ0n) is 21.7. The third-order valence-electron chi connectivity index (χ3n) is 5.11. The largest absolute Gasteiger partial charge is 0.432 e. The monoisotopic (exact) mass is 458 g/mol. The Balaban J connectivity index is 5.41. The molecule has 0 fully saturated rings. The molecule has 2 unspecified atom stereocenters. The van der Waals surface area contributed by atoms with E-state index in [9.17, 15) is 29.4 Å². The van der Waals surface area contributed by atoms with Gasteiger partial charge in [-0.1, -0.05) is 83.1 Å². The minimum Gasteiger partial charge on any atom is -0.432 e. The molecule has 0 amide bonds. The van der Waals surface area contributed by atoms with Crippen LogP contribution in [-0.2, 0) is 28.7 Å². The molecule has 0 aromatic rings. The lowest BCUT2D eigenvalue weighted by Gasteiger charge is -2.39. The Hall–Kier alpha value is -1.80. The molecule has 8 nitrogen and oxygen atoms in total. The summed E-state index contributed by atoms with van der Waals surface area (Å²) < 4.78 is 9.63. The van der Waals surface area contributed by atoms with Crippen molar-refractivity contribution in [3.05, 3.63) is 0 Å². The first-order valence-electron chi connectivity index (χ1n) is 10.8. The molecule has 0 radical (unpaired) electrons. The second-order valence-corrected chi connectivity index (χ2v) is 12.7. The lowest BCUT2D eigenvalue weighted by molar-refractivity contribution is -0.201. The fraction of sp³-hybridized carbons (Fsp3) is 0.833. The molecular weight excluding hydrogens is 416 g/mol. The van der Waals surface area contributed by atoms with E-state index in [0.29, 0.717) is 0 Å². The number of aliphatic hydroxyl groups excluding tert-OH is 2. The van der Waals surface area contributed by atoms with Gasteiger partial charge in [0, 0.05) is 0 Å². The van der Waals surface area contributed by atoms with Gasteiger partial charge in [0.25, 0.3) is 5.78 Å². The molecule has 0 aliphatic heterocycles. The summed E-state index contributed by atoms with van der Waals surface area (Å²) in [6, 6.07) is 0. The Morgan fingerprint density at radius 1 is 0.594 bits per heavy atom. The molecule has 0 aromatic heterocycles. The van der Waals surface area contributed by atoms with Gasteiger partial charge in [-0.25, -0.2) is 4.79 Å². The highest BCUT2D eigenvalue weighted by atomic mass is 16.6. The molecule has 186 valence electrons. The van der Waals surface area contributed by atoms with Gasteiger partial charge in [0.15, 0.2) is 6.10 Å². The normalized spacial score (nSPS) is 15.4. The second kappa shape index (κ2) is 10.00. The molecule has 2 atom stereocenters. The van der Waals surface area contributed by atoms with Crippen molar-refractivity contribution in [1.82, 2.24) is 0 Å². The third-order valence-corrected chi connectivity index (χ3v) is 5.11. The van der Waals surface area contributed by atoms with Crippen LogP contribution < -0.4 is 0 Å². The molecule has 0 aliphatic rings. The predicted octanol–water partition coefficient (Wildman–Crippen LogP) is 3.26. The van der Waals surface area contributed by atoms with E-state index in [2.05, 4.69) is 0 Å². The number of Topliss-reactive ketones (excluding diaryl/α,β-unsaturated/α-hetero) is 1. The van der Waals surface area contributed by atoms with E-state index < -0.39 is 69.6 Å². The third kappa shape index (κ3) is 8.28. The summed E-state index contributed by atoms with van der Waals surface area (Å²) in [5, 5.41) is 20.2. The Morgan fingerprint density at radius 2 is 0.906 bits per heavy atom. The lowest BCUT2D eigenvalue weighted by atomic mass is 9.66. The van der Waals surface area contributed by atoms with Crippen molar-refractivity contribution < 1.29 is 38.9 Å². The molecule has 0 saturated carbocycles. The van der Waals surface area contributed by atoms with Gasteiger partial charge in [0.2, 0.25) is 6.29 Å². The lowest BCUT2D eigenvalue weighted by Crippen LogP contribution is -2.47. The van der Waals surface area contributed by atoms with Gasteiger partial charge in [-0.05, 0) is 21.7 Å². The fourth-order valence-electron chi connectivity index (χ4n) is 4.71. The topological polar surface area (TPSA) is 127 Å². The standard InChI is InChI=1S/C24H42O8/c1-21(2,3)15(22(4,5)6)19(29)31-17(27)13(25)14(26)18(28)32-20(30)16(23(7,8)9)24(10,11)12/h13,15-17,25,27H,1-12H3. The fourth-order valence-corrected chi connectivity index (χ4v) is 4.71. The van der Waals surface area contributed by atoms with Crippen LogP contribution in [0.2, 0.25) is 0 Å². The van der Waals surface area contributed by atoms with Gasteiger partial charge in [-0.3, -0.25) is 14.4 Å². The van der Waals surface area contributed by atoms with Crippen LogP contribution in [0.1, 0.15) is 83.1 Å². The van der Waals surface area contributed by atoms with Crippen molar-refractivity contribution in [3.8, 4) is 0 Å². The number of carbonyl (C=O) groups is 4. The Morgan fingerprint density at radius 3 is 1.22 bits per heavy atom. The maximum Gasteiger partial charge on any atom is 0.385 e. The van der Waals surface area contributed by atoms with Crippen LogP contribution >= 0.6 is 0 Å². The van der Waals surface area contributed by atoms with E-state index in [-0.39, 0.29) is 0 Å². The second-order valence-electron chi connectivity index (χ2n) is 12.7. The molecule has 0 aliphatic carbocycles. The summed E-state index contributed by atoms with van der Waals surface area (Å²) in [5.74, 6) is -6.36. The minimum atomic E-state index is -2.39. The van der Waals surface area contributed by atoms with Crippen LogP contribution in [0.15, 0.2) is 0 Å². The zero-order chi connectivity index (χ0) is 26.0. The Bertz CT molecular complexity index is 682. The summed E-state index contributed by atoms with van der Waals surface area (Å²) in [7, 11) is 0. The maximum absolute atomic E-state index is 12.7. The molecular formula is C24H42O8. The Kier molecular flexibility index (Phi) is 9.43. The van der Waals surface area contributed by atoms with Gasteiger partial charge in [-0.15, -0.1) is 0 Å². The van der Waals surface area contributed by atoms with E-state index in [1.165, 1.54) is 0 Å². The van der Waals surface area contributed by atoms with Gasteiger partial charge >= 0.3 is 17.9 Å². The molecule has 0 spiro atoms. The van der Waals surface area contributed by atoms with Crippen LogP contribution in [0, 0.1) is 33.5 Å². The van der Waals surface area contributed by atoms with Crippen LogP contribution in [0.3, 0.4) is 0 Å². The van der Waals surface area contributed by atoms with Crippen molar-refractivity contribution in [2.75, 3.05) is 0 Å². The van der Waals surface area contributed by atoms with Crippen LogP contribution in [0.5, 0.6) is 0 Å². The van der Waals surface area contributed by atoms with E-state index in [1.807, 2.05) is 41.5 Å². The van der Waals surface area contributed by atoms with Crippen LogP contribution in [0.25, 0.3) is 0 Å². The summed E-state index contributed by atoms with van der Waals surface area (Å²) in [5.41, 5.74) is -2.21. The SMILES string of the molecule is CC(C)(C)C(C(=O)OC(=O)C(=O)C(O)C(O)OC(=O)C(C(C)(C)C)C(C)(C)C)C(C)(C)C. The van der Waals surface area contributed by atoms with Crippen molar-refractivity contribution in [1.29, 1.82) is 0 Å². The first kappa shape index (κ1) is 30.2. The van der Waals surface area contributed by atoms with Gasteiger partial charge < -0.3 is 19.7 Å². The zero-order valence-corrected chi connectivity index (χ0v) is 21.7. The first-order chi connectivity index (χ1) is 13.9. The molecule has 2 N–H and O–H groups in total. The van der Waals surface area contributed by atoms with Gasteiger partial charge in [-0.2, -0.15) is 0 Å². The summed E-state index contributed by atoms with van der Waals surface area (Å²) in [6.07, 6.45) is -4.67. The van der Waals surface area contributed by atoms with Gasteiger partial charge in [0.1, 0.15) is 0 Å². The molecule has 0 bridgehead atoms. The summed E-state index contributed by atoms with van der Waals surface area (Å²) in [4.78, 5) is 49.7. The highest BCUT2D eigenvalue weighted by molar-refractivity contribution is 6.37. The number of ketones is 1. The number of aliphatic hydroxyl groups is 2. The molecule has 0 aromatic carbocycles. The number of hydrogen-bond donors (Lipinski definition) is 2. The van der Waals surface area contributed by atoms with Crippen LogP contribution in [-0.4, -0.2) is 46.3 Å². The average molecular weight is 459 g/mol. The predicted molar refractivity (Wildman–Crippen MR) is 119 cm³/mol. The number of carbonyl (C=O) groups excluding carboxylic acids is 4. The molecule has 8 heteroatoms. The molecule has 32 heavy (non-hydrogen) atoms. The first-order valence-corrected chi connectivity index (χ1v) is 10.8. The number of esters is 3. The number of rotatable bonds is 6. The van der Waals surface area contributed by atoms with Crippen LogP contribution in [0.4, 0.5) is 0 Å². The van der Waals surface area contributed by atoms with Crippen molar-refractivity contribution in [3.63, 3.8) is 0 Å². The van der Waals surface area contributed by atoms with Crippen molar-refractivity contribution in [2.45, 2.75) is 95.5 Å². The number of ether oxygens (including phenoxy) is 2. The van der Waals surface area contributed by atoms with Crippen molar-refractivity contribution in [2.24, 2.45) is 33.5 Å². The molecule has 0 saturated heterocycles. The van der Waals surface area contributed by atoms with E-state index >= 15 is 0 Å². The average Bonchev–Trinajstić information content (AvgIpc) is 2.46. The molecule has 0 heterocycles. The summed E-state index contributed by atoms with van der Waals surface area (Å²) in [6.45, 7) is 21.7. The number of hydrogen-bond acceptors (Lipinski definition) is 8. The van der Waals surface area contributed by atoms with E-state index in [4.69, 9.17) is 9.47 Å². The highest BCUT2D eigenvalue weighted by Crippen LogP contribution is 2.41. The van der Waals surface area contributed by atoms with Gasteiger partial charge in [0.05, 0.1) is 11.8 Å².